The highest BCUT2D eigenvalue weighted by atomic mass is 16.5. The van der Waals surface area contributed by atoms with E-state index in [2.05, 4.69) is 6.92 Å². The van der Waals surface area contributed by atoms with Crippen molar-refractivity contribution in [3.8, 4) is 5.75 Å². The summed E-state index contributed by atoms with van der Waals surface area (Å²) in [5, 5.41) is 0. The molecule has 1 heteroatoms. The van der Waals surface area contributed by atoms with E-state index >= 15 is 0 Å². The highest BCUT2D eigenvalue weighted by Gasteiger charge is 1.94. The van der Waals surface area contributed by atoms with Crippen LogP contribution in [0, 0.1) is 0 Å². The average molecular weight is 233 g/mol. The van der Waals surface area contributed by atoms with Crippen molar-refractivity contribution < 1.29 is 6.11 Å². The second kappa shape index (κ2) is 8.86. The lowest BCUT2D eigenvalue weighted by molar-refractivity contribution is 0.304. The quantitative estimate of drug-likeness (QED) is 0.541. The first-order valence-electron chi connectivity index (χ1n) is 7.22. The molecule has 0 radical (unpaired) electrons. The van der Waals surface area contributed by atoms with Crippen LogP contribution in [0.4, 0.5) is 0 Å². The Hall–Kier alpha value is -1.24. The van der Waals surface area contributed by atoms with Crippen LogP contribution < -0.4 is 4.74 Å². The SMILES string of the molecule is [2H]C=Cc1ccc(OCCCCCCCC)cc1. The van der Waals surface area contributed by atoms with Gasteiger partial charge in [-0.05, 0) is 24.1 Å². The molecule has 0 fully saturated rings. The zero-order valence-electron chi connectivity index (χ0n) is 11.8. The predicted molar refractivity (Wildman–Crippen MR) is 75.4 cm³/mol. The molecule has 0 aromatic heterocycles. The predicted octanol–water partition coefficient (Wildman–Crippen LogP) is 5.07. The fourth-order valence-electron chi connectivity index (χ4n) is 1.75. The smallest absolute Gasteiger partial charge is 0.119 e. The molecule has 0 atom stereocenters. The molecule has 0 amide bonds. The number of unbranched alkanes of at least 4 members (excludes halogenated alkanes) is 5. The molecule has 1 nitrogen and oxygen atoms in total. The van der Waals surface area contributed by atoms with Crippen LogP contribution in [0.2, 0.25) is 0 Å². The molecule has 17 heavy (non-hydrogen) atoms. The minimum absolute atomic E-state index is 0.805. The van der Waals surface area contributed by atoms with E-state index in [1.165, 1.54) is 38.7 Å². The molecule has 0 spiro atoms. The van der Waals surface area contributed by atoms with E-state index in [1.54, 1.807) is 6.08 Å². The third-order valence-electron chi connectivity index (χ3n) is 2.84. The van der Waals surface area contributed by atoms with Crippen molar-refractivity contribution in [2.45, 2.75) is 45.4 Å². The van der Waals surface area contributed by atoms with Crippen LogP contribution in [0.25, 0.3) is 6.08 Å². The van der Waals surface area contributed by atoms with Crippen LogP contribution >= 0.6 is 0 Å². The molecule has 94 valence electrons. The second-order valence-electron chi connectivity index (χ2n) is 4.35. The summed E-state index contributed by atoms with van der Waals surface area (Å²) in [6, 6.07) is 7.88. The first-order chi connectivity index (χ1) is 8.86. The van der Waals surface area contributed by atoms with Gasteiger partial charge in [-0.2, -0.15) is 0 Å². The fourth-order valence-corrected chi connectivity index (χ4v) is 1.75. The number of hydrogen-bond acceptors (Lipinski definition) is 1. The summed E-state index contributed by atoms with van der Waals surface area (Å²) in [5.41, 5.74) is 1.04. The largest absolute Gasteiger partial charge is 0.494 e. The van der Waals surface area contributed by atoms with Crippen molar-refractivity contribution in [2.75, 3.05) is 6.61 Å². The van der Waals surface area contributed by atoms with E-state index in [1.807, 2.05) is 24.3 Å². The van der Waals surface area contributed by atoms with Gasteiger partial charge in [-0.1, -0.05) is 63.8 Å². The van der Waals surface area contributed by atoms with Gasteiger partial charge in [-0.3, -0.25) is 0 Å². The molecule has 0 saturated carbocycles. The Bertz CT molecular complexity index is 329. The Labute approximate surface area is 107 Å². The Morgan fingerprint density at radius 2 is 1.82 bits per heavy atom. The van der Waals surface area contributed by atoms with E-state index in [0.717, 1.165) is 24.3 Å². The van der Waals surface area contributed by atoms with Gasteiger partial charge in [0.05, 0.1) is 7.98 Å². The molecular formula is C16H24O. The molecule has 0 bridgehead atoms. The van der Waals surface area contributed by atoms with Gasteiger partial charge in [0.15, 0.2) is 0 Å². The summed E-state index contributed by atoms with van der Waals surface area (Å²) in [6.45, 7) is 4.34. The van der Waals surface area contributed by atoms with Crippen molar-refractivity contribution in [1.82, 2.24) is 0 Å². The van der Waals surface area contributed by atoms with Gasteiger partial charge in [-0.15, -0.1) is 0 Å². The monoisotopic (exact) mass is 233 g/mol. The van der Waals surface area contributed by atoms with Crippen LogP contribution in [0.1, 0.15) is 52.4 Å². The summed E-state index contributed by atoms with van der Waals surface area (Å²) >= 11 is 0. The van der Waals surface area contributed by atoms with Gasteiger partial charge in [0.25, 0.3) is 0 Å². The normalized spacial score (nSPS) is 11.7. The van der Waals surface area contributed by atoms with Crippen molar-refractivity contribution >= 4 is 6.08 Å². The molecule has 0 heterocycles. The summed E-state index contributed by atoms with van der Waals surface area (Å²) in [7, 11) is 0. The molecule has 1 rings (SSSR count). The van der Waals surface area contributed by atoms with Crippen molar-refractivity contribution in [1.29, 1.82) is 0 Å². The average Bonchev–Trinajstić information content (AvgIpc) is 2.40. The molecule has 1 aromatic carbocycles. The highest BCUT2D eigenvalue weighted by Crippen LogP contribution is 2.13. The van der Waals surface area contributed by atoms with Gasteiger partial charge in [0.1, 0.15) is 5.75 Å². The highest BCUT2D eigenvalue weighted by molar-refractivity contribution is 5.48. The van der Waals surface area contributed by atoms with Gasteiger partial charge >= 0.3 is 0 Å². The zero-order chi connectivity index (χ0) is 13.1. The molecule has 0 unspecified atom stereocenters. The molecule has 0 saturated heterocycles. The Kier molecular flexibility index (Phi) is 6.37. The molecule has 0 aliphatic carbocycles. The summed E-state index contributed by atoms with van der Waals surface area (Å²) < 4.78 is 12.7. The van der Waals surface area contributed by atoms with Gasteiger partial charge in [0.2, 0.25) is 0 Å². The minimum atomic E-state index is 0.805. The lowest BCUT2D eigenvalue weighted by atomic mass is 10.1. The van der Waals surface area contributed by atoms with E-state index in [0.29, 0.717) is 0 Å². The Balaban J connectivity index is 2.11. The molecular weight excluding hydrogens is 208 g/mol. The zero-order valence-corrected chi connectivity index (χ0v) is 10.8. The van der Waals surface area contributed by atoms with E-state index < -0.39 is 0 Å². The third kappa shape index (κ3) is 6.15. The van der Waals surface area contributed by atoms with Crippen LogP contribution in [-0.2, 0) is 0 Å². The molecule has 0 N–H and O–H groups in total. The Morgan fingerprint density at radius 3 is 2.53 bits per heavy atom. The standard InChI is InChI=1S/C16H24O/c1-3-5-6-7-8-9-14-17-16-12-10-15(4-2)11-13-16/h4,10-13H,2-3,5-9,14H2,1H3/i2D. The molecule has 1 aromatic rings. The number of hydrogen-bond donors (Lipinski definition) is 0. The number of benzene rings is 1. The maximum atomic E-state index is 6.99. The number of rotatable bonds is 9. The van der Waals surface area contributed by atoms with Crippen LogP contribution in [0.5, 0.6) is 5.75 Å². The van der Waals surface area contributed by atoms with Gasteiger partial charge in [-0.25, -0.2) is 0 Å². The van der Waals surface area contributed by atoms with Crippen molar-refractivity contribution in [3.63, 3.8) is 0 Å². The summed E-state index contributed by atoms with van der Waals surface area (Å²) in [6.07, 6.45) is 9.49. The lowest BCUT2D eigenvalue weighted by Gasteiger charge is -2.06. The number of ether oxygens (including phenoxy) is 1. The van der Waals surface area contributed by atoms with Crippen molar-refractivity contribution in [2.24, 2.45) is 0 Å². The lowest BCUT2D eigenvalue weighted by Crippen LogP contribution is -1.97. The fraction of sp³-hybridized carbons (Fsp3) is 0.500. The van der Waals surface area contributed by atoms with E-state index in [9.17, 15) is 0 Å². The van der Waals surface area contributed by atoms with Crippen molar-refractivity contribution in [3.05, 3.63) is 36.4 Å². The molecule has 0 aliphatic heterocycles. The van der Waals surface area contributed by atoms with Gasteiger partial charge < -0.3 is 4.74 Å². The topological polar surface area (TPSA) is 9.23 Å². The van der Waals surface area contributed by atoms with E-state index in [-0.39, 0.29) is 0 Å². The van der Waals surface area contributed by atoms with Crippen LogP contribution in [0.15, 0.2) is 30.8 Å². The second-order valence-corrected chi connectivity index (χ2v) is 4.35. The summed E-state index contributed by atoms with van der Waals surface area (Å²) in [4.78, 5) is 0. The Morgan fingerprint density at radius 1 is 1.12 bits per heavy atom. The van der Waals surface area contributed by atoms with Crippen LogP contribution in [0.3, 0.4) is 0 Å². The third-order valence-corrected chi connectivity index (χ3v) is 2.84. The summed E-state index contributed by atoms with van der Waals surface area (Å²) in [5.74, 6) is 0.922. The van der Waals surface area contributed by atoms with Gasteiger partial charge in [0, 0.05) is 0 Å². The molecule has 0 aliphatic rings. The minimum Gasteiger partial charge on any atom is -0.494 e. The first kappa shape index (κ1) is 12.2. The van der Waals surface area contributed by atoms with Crippen LogP contribution in [-0.4, -0.2) is 6.61 Å². The first-order valence-corrected chi connectivity index (χ1v) is 6.64. The maximum Gasteiger partial charge on any atom is 0.119 e. The maximum absolute atomic E-state index is 6.99. The van der Waals surface area contributed by atoms with E-state index in [4.69, 9.17) is 6.11 Å².